The van der Waals surface area contributed by atoms with E-state index in [9.17, 15) is 20.1 Å². The minimum absolute atomic E-state index is 0.0610. The summed E-state index contributed by atoms with van der Waals surface area (Å²) in [5.41, 5.74) is 0.816. The van der Waals surface area contributed by atoms with Crippen molar-refractivity contribution in [2.45, 2.75) is 89.7 Å². The van der Waals surface area contributed by atoms with E-state index < -0.39 is 22.8 Å². The lowest BCUT2D eigenvalue weighted by molar-refractivity contribution is -0.118. The van der Waals surface area contributed by atoms with Crippen LogP contribution in [0.15, 0.2) is 36.4 Å². The number of unbranched alkanes of at least 4 members (excludes halogenated alkanes) is 2. The molecule has 1 saturated carbocycles. The second-order valence-corrected chi connectivity index (χ2v) is 12.1. The van der Waals surface area contributed by atoms with Crippen LogP contribution in [-0.4, -0.2) is 58.3 Å². The molecule has 1 atom stereocenters. The van der Waals surface area contributed by atoms with E-state index in [1.807, 2.05) is 10.6 Å². The van der Waals surface area contributed by atoms with Gasteiger partial charge in [-0.2, -0.15) is 0 Å². The number of hydrogen-bond donors (Lipinski definition) is 4. The third-order valence-corrected chi connectivity index (χ3v) is 8.10. The maximum atomic E-state index is 15.6. The molecule has 1 aliphatic carbocycles. The molecule has 9 heteroatoms. The van der Waals surface area contributed by atoms with Gasteiger partial charge in [-0.1, -0.05) is 46.6 Å². The van der Waals surface area contributed by atoms with Crippen LogP contribution in [0.5, 0.6) is 11.5 Å². The number of fused-ring (bicyclic) bond motifs is 1. The Labute approximate surface area is 247 Å². The Kier molecular flexibility index (Phi) is 10.2. The van der Waals surface area contributed by atoms with Crippen LogP contribution >= 0.6 is 0 Å². The van der Waals surface area contributed by atoms with Crippen molar-refractivity contribution in [3.05, 3.63) is 53.5 Å². The third kappa shape index (κ3) is 7.07. The number of aliphatic hydroxyl groups is 1. The normalized spacial score (nSPS) is 15.2. The topological polar surface area (TPSA) is 113 Å². The van der Waals surface area contributed by atoms with Crippen molar-refractivity contribution in [2.24, 2.45) is 0 Å². The highest BCUT2D eigenvalue weighted by Crippen LogP contribution is 2.50. The number of nitrogens with zero attached hydrogens (tertiary/aromatic N) is 1. The molecule has 1 fully saturated rings. The zero-order valence-electron chi connectivity index (χ0n) is 25.2. The number of benzene rings is 2. The molecule has 1 heterocycles. The molecule has 0 spiro atoms. The Morgan fingerprint density at radius 1 is 1.05 bits per heavy atom. The smallest absolute Gasteiger partial charge is 0.235 e. The lowest BCUT2D eigenvalue weighted by Crippen LogP contribution is -2.31. The van der Waals surface area contributed by atoms with Crippen molar-refractivity contribution in [2.75, 3.05) is 31.7 Å². The first-order chi connectivity index (χ1) is 20.0. The summed E-state index contributed by atoms with van der Waals surface area (Å²) in [4.78, 5) is 13.4. The molecule has 1 amide bonds. The zero-order chi connectivity index (χ0) is 30.5. The number of carbonyl (C=O) groups is 1. The minimum Gasteiger partial charge on any atom is -0.504 e. The molecule has 1 unspecified atom stereocenters. The van der Waals surface area contributed by atoms with Gasteiger partial charge in [0.05, 0.1) is 42.5 Å². The molecule has 0 saturated heterocycles. The Bertz CT molecular complexity index is 1380. The van der Waals surface area contributed by atoms with Gasteiger partial charge in [-0.3, -0.25) is 4.79 Å². The number of aliphatic hydroxyl groups excluding tert-OH is 1. The number of aromatic hydroxyl groups is 2. The highest BCUT2D eigenvalue weighted by molar-refractivity contribution is 6.02. The second-order valence-electron chi connectivity index (χ2n) is 12.1. The number of amides is 1. The number of hydrogen-bond acceptors (Lipinski definition) is 6. The second kappa shape index (κ2) is 13.4. The van der Waals surface area contributed by atoms with Crippen LogP contribution < -0.4 is 5.32 Å². The van der Waals surface area contributed by atoms with Gasteiger partial charge in [-0.25, -0.2) is 4.39 Å². The molecule has 42 heavy (non-hydrogen) atoms. The molecule has 4 N–H and O–H groups in total. The number of rotatable bonds is 16. The summed E-state index contributed by atoms with van der Waals surface area (Å²) < 4.78 is 29.2. The van der Waals surface area contributed by atoms with Crippen LogP contribution in [0.3, 0.4) is 0 Å². The lowest BCUT2D eigenvalue weighted by atomic mass is 9.90. The molecule has 0 bridgehead atoms. The molecule has 4 rings (SSSR count). The van der Waals surface area contributed by atoms with E-state index in [4.69, 9.17) is 9.47 Å². The molecule has 0 aliphatic heterocycles. The van der Waals surface area contributed by atoms with Gasteiger partial charge in [0.1, 0.15) is 5.82 Å². The fourth-order valence-electron chi connectivity index (χ4n) is 5.35. The van der Waals surface area contributed by atoms with Crippen LogP contribution in [-0.2, 0) is 31.6 Å². The lowest BCUT2D eigenvalue weighted by Gasteiger charge is -2.28. The molecule has 0 radical (unpaired) electrons. The average Bonchev–Trinajstić information content (AvgIpc) is 3.69. The summed E-state index contributed by atoms with van der Waals surface area (Å²) in [7, 11) is 0. The Balaban J connectivity index is 1.63. The summed E-state index contributed by atoms with van der Waals surface area (Å²) in [6.07, 6.45) is 4.25. The third-order valence-electron chi connectivity index (χ3n) is 8.10. The SMILES string of the molecule is CCCCOCC(O)Cn1c(C(C)(C)COCCCC)cc2cc(NC(=O)C3(c4ccc(O)c(O)c4)CC3)c(F)cc21. The maximum Gasteiger partial charge on any atom is 0.235 e. The van der Waals surface area contributed by atoms with Crippen LogP contribution in [0.25, 0.3) is 10.9 Å². The van der Waals surface area contributed by atoms with Gasteiger partial charge in [0.2, 0.25) is 5.91 Å². The van der Waals surface area contributed by atoms with Gasteiger partial charge in [-0.15, -0.1) is 0 Å². The fraction of sp³-hybridized carbons (Fsp3) is 0.545. The molecular weight excluding hydrogens is 539 g/mol. The standard InChI is InChI=1S/C33H45FN2O6/c1-5-7-13-41-20-24(37)19-36-27-18-25(34)26(15-22(27)16-30(36)32(3,4)21-42-14-8-6-2)35-31(40)33(11-12-33)23-9-10-28(38)29(39)17-23/h9-10,15-18,24,37-39H,5-8,11-14,19-21H2,1-4H3,(H,35,40). The van der Waals surface area contributed by atoms with E-state index in [0.29, 0.717) is 43.7 Å². The number of phenolic OH excluding ortho intramolecular Hbond substituents is 2. The number of nitrogens with one attached hydrogen (secondary N) is 1. The number of carbonyl (C=O) groups excluding carboxylic acids is 1. The van der Waals surface area contributed by atoms with Crippen molar-refractivity contribution >= 4 is 22.5 Å². The van der Waals surface area contributed by atoms with Gasteiger partial charge < -0.3 is 34.7 Å². The summed E-state index contributed by atoms with van der Waals surface area (Å²) in [5, 5.41) is 34.0. The van der Waals surface area contributed by atoms with Crippen molar-refractivity contribution in [1.29, 1.82) is 0 Å². The number of halogens is 1. The number of aromatic nitrogens is 1. The summed E-state index contributed by atoms with van der Waals surface area (Å²) in [5.74, 6) is -1.51. The number of ether oxygens (including phenoxy) is 2. The number of phenols is 2. The predicted octanol–water partition coefficient (Wildman–Crippen LogP) is 6.13. The fourth-order valence-corrected chi connectivity index (χ4v) is 5.35. The van der Waals surface area contributed by atoms with E-state index in [1.54, 1.807) is 12.1 Å². The molecule has 3 aromatic rings. The Hall–Kier alpha value is -3.14. The Morgan fingerprint density at radius 3 is 2.38 bits per heavy atom. The van der Waals surface area contributed by atoms with Crippen molar-refractivity contribution in [3.63, 3.8) is 0 Å². The van der Waals surface area contributed by atoms with E-state index in [-0.39, 0.29) is 36.2 Å². The zero-order valence-corrected chi connectivity index (χ0v) is 25.2. The van der Waals surface area contributed by atoms with E-state index in [1.165, 1.54) is 18.2 Å². The van der Waals surface area contributed by atoms with Crippen molar-refractivity contribution in [1.82, 2.24) is 4.57 Å². The largest absolute Gasteiger partial charge is 0.504 e. The van der Waals surface area contributed by atoms with E-state index in [0.717, 1.165) is 36.8 Å². The minimum atomic E-state index is -0.886. The van der Waals surface area contributed by atoms with Crippen LogP contribution in [0.1, 0.15) is 77.5 Å². The molecule has 8 nitrogen and oxygen atoms in total. The van der Waals surface area contributed by atoms with Gasteiger partial charge >= 0.3 is 0 Å². The first-order valence-corrected chi connectivity index (χ1v) is 15.0. The van der Waals surface area contributed by atoms with E-state index in [2.05, 4.69) is 33.0 Å². The monoisotopic (exact) mass is 584 g/mol. The summed E-state index contributed by atoms with van der Waals surface area (Å²) in [6, 6.07) is 9.35. The molecule has 1 aliphatic rings. The molecule has 230 valence electrons. The molecule has 1 aromatic heterocycles. The maximum absolute atomic E-state index is 15.6. The van der Waals surface area contributed by atoms with Crippen LogP contribution in [0.2, 0.25) is 0 Å². The van der Waals surface area contributed by atoms with Crippen molar-refractivity contribution in [3.8, 4) is 11.5 Å². The van der Waals surface area contributed by atoms with Gasteiger partial charge in [0.15, 0.2) is 11.5 Å². The first kappa shape index (κ1) is 31.8. The highest BCUT2D eigenvalue weighted by atomic mass is 19.1. The molecule has 2 aromatic carbocycles. The highest BCUT2D eigenvalue weighted by Gasteiger charge is 2.51. The van der Waals surface area contributed by atoms with Crippen molar-refractivity contribution < 1.29 is 34.0 Å². The molecular formula is C33H45FN2O6. The number of anilines is 1. The van der Waals surface area contributed by atoms with Crippen LogP contribution in [0, 0.1) is 5.82 Å². The van der Waals surface area contributed by atoms with Gasteiger partial charge in [0, 0.05) is 35.8 Å². The Morgan fingerprint density at radius 2 is 1.74 bits per heavy atom. The first-order valence-electron chi connectivity index (χ1n) is 15.0. The van der Waals surface area contributed by atoms with E-state index >= 15 is 4.39 Å². The average molecular weight is 585 g/mol. The quantitative estimate of drug-likeness (QED) is 0.119. The summed E-state index contributed by atoms with van der Waals surface area (Å²) in [6.45, 7) is 10.4. The van der Waals surface area contributed by atoms with Crippen LogP contribution in [0.4, 0.5) is 10.1 Å². The predicted molar refractivity (Wildman–Crippen MR) is 162 cm³/mol. The van der Waals surface area contributed by atoms with Gasteiger partial charge in [-0.05, 0) is 55.5 Å². The summed E-state index contributed by atoms with van der Waals surface area (Å²) >= 11 is 0. The van der Waals surface area contributed by atoms with Gasteiger partial charge in [0.25, 0.3) is 0 Å².